The van der Waals surface area contributed by atoms with Crippen LogP contribution in [0, 0.1) is 5.41 Å². The molecular formula is C18H34IN5O3. The molecule has 0 saturated carbocycles. The number of hydrogen-bond acceptors (Lipinski definition) is 4. The molecule has 0 radical (unpaired) electrons. The van der Waals surface area contributed by atoms with Crippen molar-refractivity contribution in [3.63, 3.8) is 0 Å². The lowest BCUT2D eigenvalue weighted by Crippen LogP contribution is -2.46. The van der Waals surface area contributed by atoms with E-state index in [4.69, 9.17) is 4.74 Å². The van der Waals surface area contributed by atoms with Crippen LogP contribution >= 0.6 is 24.0 Å². The van der Waals surface area contributed by atoms with Gasteiger partial charge in [0.25, 0.3) is 0 Å². The standard InChI is InChI=1S/C18H33N5O3.HI/c1-14(2)21-15(24)11-19-17(20-12-16(25)22(3)4)23-8-5-18(13-23)6-9-26-10-7-18;/h14H,5-13H2,1-4H3,(H,19,20)(H,21,24);1H. The number of guanidine groups is 1. The second kappa shape index (κ2) is 11.0. The lowest BCUT2D eigenvalue weighted by Gasteiger charge is -2.33. The maximum atomic E-state index is 12.0. The van der Waals surface area contributed by atoms with Crippen molar-refractivity contribution in [2.45, 2.75) is 39.2 Å². The first-order valence-electron chi connectivity index (χ1n) is 9.42. The fourth-order valence-electron chi connectivity index (χ4n) is 3.42. The number of hydrogen-bond donors (Lipinski definition) is 2. The summed E-state index contributed by atoms with van der Waals surface area (Å²) in [4.78, 5) is 32.1. The predicted octanol–water partition coefficient (Wildman–Crippen LogP) is 0.665. The number of nitrogens with zero attached hydrogens (tertiary/aromatic N) is 3. The smallest absolute Gasteiger partial charge is 0.242 e. The van der Waals surface area contributed by atoms with Crippen molar-refractivity contribution in [2.75, 3.05) is 53.5 Å². The fourth-order valence-corrected chi connectivity index (χ4v) is 3.42. The minimum absolute atomic E-state index is 0. The van der Waals surface area contributed by atoms with Crippen LogP contribution in [-0.2, 0) is 14.3 Å². The summed E-state index contributed by atoms with van der Waals surface area (Å²) < 4.78 is 5.51. The molecule has 2 amide bonds. The van der Waals surface area contributed by atoms with E-state index in [-0.39, 0.29) is 60.3 Å². The average molecular weight is 495 g/mol. The van der Waals surface area contributed by atoms with Crippen LogP contribution in [0.1, 0.15) is 33.1 Å². The van der Waals surface area contributed by atoms with Crippen LogP contribution in [0.4, 0.5) is 0 Å². The Morgan fingerprint density at radius 2 is 1.89 bits per heavy atom. The van der Waals surface area contributed by atoms with E-state index >= 15 is 0 Å². The largest absolute Gasteiger partial charge is 0.381 e. The van der Waals surface area contributed by atoms with Crippen LogP contribution in [0.5, 0.6) is 0 Å². The number of halogens is 1. The van der Waals surface area contributed by atoms with Crippen LogP contribution in [0.25, 0.3) is 0 Å². The minimum Gasteiger partial charge on any atom is -0.381 e. The van der Waals surface area contributed by atoms with Gasteiger partial charge in [0, 0.05) is 46.4 Å². The van der Waals surface area contributed by atoms with E-state index in [1.54, 1.807) is 19.0 Å². The zero-order valence-corrected chi connectivity index (χ0v) is 19.2. The van der Waals surface area contributed by atoms with Crippen molar-refractivity contribution in [2.24, 2.45) is 10.4 Å². The molecule has 0 unspecified atom stereocenters. The molecule has 0 aliphatic carbocycles. The summed E-state index contributed by atoms with van der Waals surface area (Å²) in [5, 5.41) is 5.99. The number of rotatable bonds is 5. The minimum atomic E-state index is -0.113. The Bertz CT molecular complexity index is 533. The Morgan fingerprint density at radius 3 is 2.48 bits per heavy atom. The van der Waals surface area contributed by atoms with Crippen molar-refractivity contribution in [3.05, 3.63) is 0 Å². The number of carbonyl (C=O) groups excluding carboxylic acids is 2. The molecule has 2 rings (SSSR count). The van der Waals surface area contributed by atoms with Crippen molar-refractivity contribution in [1.82, 2.24) is 20.4 Å². The normalized spacial score (nSPS) is 19.0. The van der Waals surface area contributed by atoms with Gasteiger partial charge >= 0.3 is 0 Å². The molecule has 2 aliphatic rings. The van der Waals surface area contributed by atoms with Gasteiger partial charge in [-0.05, 0) is 38.5 Å². The molecule has 0 bridgehead atoms. The second-order valence-electron chi connectivity index (χ2n) is 7.79. The Morgan fingerprint density at radius 1 is 1.22 bits per heavy atom. The summed E-state index contributed by atoms with van der Waals surface area (Å²) in [7, 11) is 3.45. The number of ether oxygens (including phenoxy) is 1. The summed E-state index contributed by atoms with van der Waals surface area (Å²) in [6, 6.07) is 0.0849. The molecule has 27 heavy (non-hydrogen) atoms. The molecule has 0 aromatic rings. The Kier molecular flexibility index (Phi) is 9.78. The zero-order valence-electron chi connectivity index (χ0n) is 16.9. The number of likely N-dealkylation sites (N-methyl/N-ethyl adjacent to an activating group) is 1. The molecule has 2 heterocycles. The topological polar surface area (TPSA) is 86.3 Å². The van der Waals surface area contributed by atoms with Gasteiger partial charge < -0.3 is 25.2 Å². The zero-order chi connectivity index (χ0) is 19.2. The third kappa shape index (κ3) is 7.44. The predicted molar refractivity (Wildman–Crippen MR) is 116 cm³/mol. The van der Waals surface area contributed by atoms with E-state index in [1.165, 1.54) is 0 Å². The Balaban J connectivity index is 0.00000364. The van der Waals surface area contributed by atoms with E-state index in [0.29, 0.717) is 5.96 Å². The maximum Gasteiger partial charge on any atom is 0.242 e. The van der Waals surface area contributed by atoms with Crippen LogP contribution in [0.2, 0.25) is 0 Å². The molecular weight excluding hydrogens is 461 g/mol. The summed E-state index contributed by atoms with van der Waals surface area (Å²) in [5.41, 5.74) is 0.270. The molecule has 1 spiro atoms. The number of aliphatic imine (C=N–C) groups is 1. The van der Waals surface area contributed by atoms with Gasteiger partial charge in [0.15, 0.2) is 5.96 Å². The molecule has 9 heteroatoms. The number of amides is 2. The van der Waals surface area contributed by atoms with Crippen LogP contribution in [0.3, 0.4) is 0 Å². The van der Waals surface area contributed by atoms with Crippen LogP contribution in [-0.4, -0.2) is 87.1 Å². The van der Waals surface area contributed by atoms with Gasteiger partial charge in [0.05, 0.1) is 6.54 Å². The highest BCUT2D eigenvalue weighted by Gasteiger charge is 2.40. The Labute approximate surface area is 179 Å². The maximum absolute atomic E-state index is 12.0. The van der Waals surface area contributed by atoms with E-state index in [9.17, 15) is 9.59 Å². The lowest BCUT2D eigenvalue weighted by atomic mass is 9.80. The third-order valence-corrected chi connectivity index (χ3v) is 5.01. The van der Waals surface area contributed by atoms with Crippen molar-refractivity contribution in [1.29, 1.82) is 0 Å². The van der Waals surface area contributed by atoms with E-state index in [2.05, 4.69) is 20.5 Å². The highest BCUT2D eigenvalue weighted by molar-refractivity contribution is 14.0. The van der Waals surface area contributed by atoms with Gasteiger partial charge in [-0.2, -0.15) is 0 Å². The van der Waals surface area contributed by atoms with Crippen molar-refractivity contribution >= 4 is 41.8 Å². The summed E-state index contributed by atoms with van der Waals surface area (Å²) >= 11 is 0. The molecule has 2 fully saturated rings. The Hall–Kier alpha value is -1.10. The molecule has 2 aliphatic heterocycles. The first-order valence-corrected chi connectivity index (χ1v) is 9.42. The fraction of sp³-hybridized carbons (Fsp3) is 0.833. The number of carbonyl (C=O) groups is 2. The van der Waals surface area contributed by atoms with Gasteiger partial charge in [-0.3, -0.25) is 9.59 Å². The summed E-state index contributed by atoms with van der Waals surface area (Å²) in [6.45, 7) is 7.47. The van der Waals surface area contributed by atoms with E-state index in [1.807, 2.05) is 13.8 Å². The van der Waals surface area contributed by atoms with E-state index in [0.717, 1.165) is 45.6 Å². The molecule has 2 N–H and O–H groups in total. The highest BCUT2D eigenvalue weighted by Crippen LogP contribution is 2.39. The SMILES string of the molecule is CC(C)NC(=O)CN=C(NCC(=O)N(C)C)N1CCC2(CCOCC2)C1.I. The third-order valence-electron chi connectivity index (χ3n) is 5.01. The van der Waals surface area contributed by atoms with Gasteiger partial charge in [0.1, 0.15) is 6.54 Å². The summed E-state index contributed by atoms with van der Waals surface area (Å²) in [6.07, 6.45) is 3.21. The molecule has 156 valence electrons. The lowest BCUT2D eigenvalue weighted by molar-refractivity contribution is -0.127. The number of likely N-dealkylation sites (tertiary alicyclic amines) is 1. The van der Waals surface area contributed by atoms with Crippen LogP contribution < -0.4 is 10.6 Å². The monoisotopic (exact) mass is 495 g/mol. The molecule has 2 saturated heterocycles. The molecule has 0 aromatic heterocycles. The first-order chi connectivity index (χ1) is 12.3. The first kappa shape index (κ1) is 23.9. The van der Waals surface area contributed by atoms with Gasteiger partial charge in [0.2, 0.25) is 11.8 Å². The van der Waals surface area contributed by atoms with E-state index < -0.39 is 0 Å². The summed E-state index contributed by atoms with van der Waals surface area (Å²) in [5.74, 6) is 0.505. The quantitative estimate of drug-likeness (QED) is 0.333. The number of nitrogens with one attached hydrogen (secondary N) is 2. The van der Waals surface area contributed by atoms with Crippen molar-refractivity contribution in [3.8, 4) is 0 Å². The van der Waals surface area contributed by atoms with Gasteiger partial charge in [-0.1, -0.05) is 0 Å². The second-order valence-corrected chi connectivity index (χ2v) is 7.79. The van der Waals surface area contributed by atoms with Gasteiger partial charge in [-0.25, -0.2) is 4.99 Å². The highest BCUT2D eigenvalue weighted by atomic mass is 127. The molecule has 8 nitrogen and oxygen atoms in total. The van der Waals surface area contributed by atoms with Crippen molar-refractivity contribution < 1.29 is 14.3 Å². The molecule has 0 atom stereocenters. The molecule has 0 aromatic carbocycles. The van der Waals surface area contributed by atoms with Gasteiger partial charge in [-0.15, -0.1) is 24.0 Å². The average Bonchev–Trinajstić information content (AvgIpc) is 2.97. The van der Waals surface area contributed by atoms with Crippen LogP contribution in [0.15, 0.2) is 4.99 Å².